The van der Waals surface area contributed by atoms with Gasteiger partial charge in [-0.1, -0.05) is 20.3 Å². The van der Waals surface area contributed by atoms with Gasteiger partial charge in [-0.3, -0.25) is 0 Å². The van der Waals surface area contributed by atoms with Gasteiger partial charge >= 0.3 is 0 Å². The van der Waals surface area contributed by atoms with Gasteiger partial charge in [0.1, 0.15) is 0 Å². The van der Waals surface area contributed by atoms with E-state index in [-0.39, 0.29) is 0 Å². The minimum absolute atomic E-state index is 0.322. The number of hydrogen-bond donors (Lipinski definition) is 1. The van der Waals surface area contributed by atoms with Crippen LogP contribution in [0.4, 0.5) is 0 Å². The van der Waals surface area contributed by atoms with Gasteiger partial charge in [0.25, 0.3) is 0 Å². The average molecular weight is 348 g/mol. The number of thiophene rings is 1. The molecule has 1 aromatic heterocycles. The highest BCUT2D eigenvalue weighted by molar-refractivity contribution is 9.11. The van der Waals surface area contributed by atoms with Gasteiger partial charge in [-0.2, -0.15) is 0 Å². The summed E-state index contributed by atoms with van der Waals surface area (Å²) in [7, 11) is 0. The van der Waals surface area contributed by atoms with Crippen molar-refractivity contribution in [3.05, 3.63) is 20.8 Å². The van der Waals surface area contributed by atoms with Crippen LogP contribution in [0.15, 0.2) is 15.9 Å². The Morgan fingerprint density at radius 2 is 2.05 bits per heavy atom. The van der Waals surface area contributed by atoms with Crippen molar-refractivity contribution in [3.63, 3.8) is 0 Å². The van der Waals surface area contributed by atoms with Crippen LogP contribution in [0.2, 0.25) is 0 Å². The molecule has 110 valence electrons. The van der Waals surface area contributed by atoms with E-state index in [1.807, 2.05) is 11.3 Å². The summed E-state index contributed by atoms with van der Waals surface area (Å²) in [5, 5.41) is 3.66. The van der Waals surface area contributed by atoms with Crippen LogP contribution < -0.4 is 5.32 Å². The summed E-state index contributed by atoms with van der Waals surface area (Å²) < 4.78 is 7.16. The van der Waals surface area contributed by atoms with Crippen molar-refractivity contribution >= 4 is 27.3 Å². The van der Waals surface area contributed by atoms with Crippen molar-refractivity contribution in [2.24, 2.45) is 0 Å². The average Bonchev–Trinajstić information content (AvgIpc) is 2.80. The third-order valence-corrected chi connectivity index (χ3v) is 4.76. The first-order chi connectivity index (χ1) is 9.21. The van der Waals surface area contributed by atoms with Crippen molar-refractivity contribution in [2.45, 2.75) is 58.6 Å². The maximum absolute atomic E-state index is 5.95. The molecule has 19 heavy (non-hydrogen) atoms. The Bertz CT molecular complexity index is 337. The van der Waals surface area contributed by atoms with Crippen LogP contribution in [0.5, 0.6) is 0 Å². The van der Waals surface area contributed by atoms with Gasteiger partial charge in [-0.25, -0.2) is 0 Å². The Hall–Kier alpha value is 0.1000. The Morgan fingerprint density at radius 3 is 2.58 bits per heavy atom. The second-order valence-electron chi connectivity index (χ2n) is 4.75. The molecule has 0 fully saturated rings. The summed E-state index contributed by atoms with van der Waals surface area (Å²) in [6.45, 7) is 8.38. The van der Waals surface area contributed by atoms with E-state index in [1.54, 1.807) is 0 Å². The molecule has 1 N–H and O–H groups in total. The molecule has 0 bridgehead atoms. The third kappa shape index (κ3) is 6.39. The van der Waals surface area contributed by atoms with E-state index < -0.39 is 0 Å². The maximum atomic E-state index is 5.95. The molecule has 0 aliphatic carbocycles. The molecule has 0 radical (unpaired) electrons. The van der Waals surface area contributed by atoms with E-state index >= 15 is 0 Å². The van der Waals surface area contributed by atoms with Crippen molar-refractivity contribution in [3.8, 4) is 0 Å². The molecule has 0 spiro atoms. The molecular weight excluding hydrogens is 322 g/mol. The highest BCUT2D eigenvalue weighted by atomic mass is 79.9. The molecule has 1 aromatic rings. The van der Waals surface area contributed by atoms with Gasteiger partial charge in [0.2, 0.25) is 0 Å². The smallest absolute Gasteiger partial charge is 0.0731 e. The summed E-state index contributed by atoms with van der Waals surface area (Å²) in [6.07, 6.45) is 4.84. The minimum atomic E-state index is 0.322. The van der Waals surface area contributed by atoms with Crippen LogP contribution in [-0.2, 0) is 11.2 Å². The van der Waals surface area contributed by atoms with Gasteiger partial charge in [-0.15, -0.1) is 11.3 Å². The summed E-state index contributed by atoms with van der Waals surface area (Å²) in [6, 6.07) is 4.77. The highest BCUT2D eigenvalue weighted by Crippen LogP contribution is 2.24. The van der Waals surface area contributed by atoms with E-state index in [1.165, 1.54) is 15.1 Å². The van der Waals surface area contributed by atoms with Crippen molar-refractivity contribution < 1.29 is 4.74 Å². The highest BCUT2D eigenvalue weighted by Gasteiger charge is 2.21. The topological polar surface area (TPSA) is 21.3 Å². The molecule has 2 unspecified atom stereocenters. The fourth-order valence-corrected chi connectivity index (χ4v) is 3.78. The molecule has 2 nitrogen and oxygen atoms in total. The van der Waals surface area contributed by atoms with Gasteiger partial charge in [-0.05, 0) is 60.8 Å². The number of rotatable bonds is 10. The van der Waals surface area contributed by atoms with E-state index in [4.69, 9.17) is 4.74 Å². The number of nitrogens with one attached hydrogen (secondary N) is 1. The molecule has 0 amide bonds. The second-order valence-corrected chi connectivity index (χ2v) is 7.30. The predicted octanol–water partition coefficient (Wildman–Crippen LogP) is 4.63. The zero-order valence-electron chi connectivity index (χ0n) is 12.2. The largest absolute Gasteiger partial charge is 0.377 e. The van der Waals surface area contributed by atoms with Gasteiger partial charge in [0.15, 0.2) is 0 Å². The molecule has 0 aliphatic rings. The van der Waals surface area contributed by atoms with Crippen LogP contribution in [0.3, 0.4) is 0 Å². The summed E-state index contributed by atoms with van der Waals surface area (Å²) in [5.41, 5.74) is 0. The molecule has 0 aliphatic heterocycles. The lowest BCUT2D eigenvalue weighted by Gasteiger charge is -2.27. The SMILES string of the molecule is CCCNC(Cc1ccc(Br)s1)C(CCC)OCC. The first-order valence-corrected chi connectivity index (χ1v) is 8.91. The van der Waals surface area contributed by atoms with Crippen LogP contribution in [-0.4, -0.2) is 25.3 Å². The van der Waals surface area contributed by atoms with E-state index in [0.29, 0.717) is 12.1 Å². The molecular formula is C15H26BrNOS. The normalized spacial score (nSPS) is 14.5. The lowest BCUT2D eigenvalue weighted by atomic mass is 10.0. The first kappa shape index (κ1) is 17.2. The Kier molecular flexibility index (Phi) is 8.95. The minimum Gasteiger partial charge on any atom is -0.377 e. The lowest BCUT2D eigenvalue weighted by Crippen LogP contribution is -2.43. The molecule has 0 saturated carbocycles. The fraction of sp³-hybridized carbons (Fsp3) is 0.733. The van der Waals surface area contributed by atoms with Crippen LogP contribution in [0.25, 0.3) is 0 Å². The second kappa shape index (κ2) is 9.92. The molecule has 2 atom stereocenters. The van der Waals surface area contributed by atoms with Crippen molar-refractivity contribution in [1.82, 2.24) is 5.32 Å². The van der Waals surface area contributed by atoms with Crippen LogP contribution >= 0.6 is 27.3 Å². The number of halogens is 1. The van der Waals surface area contributed by atoms with Crippen molar-refractivity contribution in [2.75, 3.05) is 13.2 Å². The Morgan fingerprint density at radius 1 is 1.26 bits per heavy atom. The predicted molar refractivity (Wildman–Crippen MR) is 88.1 cm³/mol. The van der Waals surface area contributed by atoms with Gasteiger partial charge < -0.3 is 10.1 Å². The molecule has 0 saturated heterocycles. The lowest BCUT2D eigenvalue weighted by molar-refractivity contribution is 0.0284. The summed E-state index contributed by atoms with van der Waals surface area (Å²) in [4.78, 5) is 1.42. The quantitative estimate of drug-likeness (QED) is 0.666. The van der Waals surface area contributed by atoms with Crippen LogP contribution in [0, 0.1) is 0 Å². The standard InChI is InChI=1S/C15H26BrNOS/c1-4-7-14(18-6-3)13(17-10-5-2)11-12-8-9-15(16)19-12/h8-9,13-14,17H,4-7,10-11H2,1-3H3. The monoisotopic (exact) mass is 347 g/mol. The van der Waals surface area contributed by atoms with Gasteiger partial charge in [0, 0.05) is 17.5 Å². The Balaban J connectivity index is 2.67. The van der Waals surface area contributed by atoms with Crippen LogP contribution in [0.1, 0.15) is 44.9 Å². The maximum Gasteiger partial charge on any atom is 0.0731 e. The van der Waals surface area contributed by atoms with E-state index in [0.717, 1.165) is 32.4 Å². The number of hydrogen-bond acceptors (Lipinski definition) is 3. The summed E-state index contributed by atoms with van der Waals surface area (Å²) in [5.74, 6) is 0. The molecule has 0 aromatic carbocycles. The molecule has 1 heterocycles. The van der Waals surface area contributed by atoms with E-state index in [2.05, 4.69) is 54.2 Å². The van der Waals surface area contributed by atoms with Crippen molar-refractivity contribution in [1.29, 1.82) is 0 Å². The zero-order chi connectivity index (χ0) is 14.1. The Labute approximate surface area is 130 Å². The number of ether oxygens (including phenoxy) is 1. The molecule has 4 heteroatoms. The fourth-order valence-electron chi connectivity index (χ4n) is 2.24. The first-order valence-electron chi connectivity index (χ1n) is 7.30. The summed E-state index contributed by atoms with van der Waals surface area (Å²) >= 11 is 5.36. The molecule has 1 rings (SSSR count). The van der Waals surface area contributed by atoms with E-state index in [9.17, 15) is 0 Å². The van der Waals surface area contributed by atoms with Gasteiger partial charge in [0.05, 0.1) is 9.89 Å². The zero-order valence-corrected chi connectivity index (χ0v) is 14.6. The third-order valence-electron chi connectivity index (χ3n) is 3.11.